The Labute approximate surface area is 146 Å². The summed E-state index contributed by atoms with van der Waals surface area (Å²) in [6.45, 7) is 0.712. The second-order valence-electron chi connectivity index (χ2n) is 6.68. The SMILES string of the molecule is COc1ccc(-c2nc(=S)n(CN3[C@H]4CC[C@H]3CC(O)C4)[nH]2)cc1. The molecule has 2 atom stereocenters. The lowest BCUT2D eigenvalue weighted by Crippen LogP contribution is -2.45. The van der Waals surface area contributed by atoms with Crippen molar-refractivity contribution in [1.82, 2.24) is 19.7 Å². The van der Waals surface area contributed by atoms with Gasteiger partial charge in [-0.05, 0) is 62.2 Å². The van der Waals surface area contributed by atoms with E-state index in [1.54, 1.807) is 7.11 Å². The molecule has 7 heteroatoms. The van der Waals surface area contributed by atoms with Gasteiger partial charge in [0, 0.05) is 17.6 Å². The topological polar surface area (TPSA) is 66.3 Å². The van der Waals surface area contributed by atoms with Crippen molar-refractivity contribution >= 4 is 12.2 Å². The third kappa shape index (κ3) is 2.87. The lowest BCUT2D eigenvalue weighted by molar-refractivity contribution is 0.0153. The summed E-state index contributed by atoms with van der Waals surface area (Å²) in [4.78, 5) is 6.95. The lowest BCUT2D eigenvalue weighted by Gasteiger charge is -2.36. The molecule has 2 aliphatic rings. The van der Waals surface area contributed by atoms with Gasteiger partial charge in [0.05, 0.1) is 19.9 Å². The number of nitrogens with one attached hydrogen (secondary N) is 1. The number of aromatic nitrogens is 3. The van der Waals surface area contributed by atoms with Crippen LogP contribution in [0.4, 0.5) is 0 Å². The van der Waals surface area contributed by atoms with Crippen molar-refractivity contribution in [2.45, 2.75) is 50.5 Å². The van der Waals surface area contributed by atoms with E-state index in [0.29, 0.717) is 23.5 Å². The van der Waals surface area contributed by atoms with Crippen LogP contribution in [0.1, 0.15) is 25.7 Å². The third-order valence-corrected chi connectivity index (χ3v) is 5.52. The van der Waals surface area contributed by atoms with Crippen molar-refractivity contribution in [3.05, 3.63) is 29.0 Å². The van der Waals surface area contributed by atoms with Crippen molar-refractivity contribution in [2.75, 3.05) is 7.11 Å². The summed E-state index contributed by atoms with van der Waals surface area (Å²) >= 11 is 5.43. The Kier molecular flexibility index (Phi) is 4.15. The average Bonchev–Trinajstić information content (AvgIpc) is 3.06. The van der Waals surface area contributed by atoms with Gasteiger partial charge in [0.15, 0.2) is 5.82 Å². The maximum atomic E-state index is 9.94. The Morgan fingerprint density at radius 2 is 1.92 bits per heavy atom. The maximum Gasteiger partial charge on any atom is 0.217 e. The highest BCUT2D eigenvalue weighted by atomic mass is 32.1. The van der Waals surface area contributed by atoms with Crippen LogP contribution in [-0.4, -0.2) is 50.1 Å². The molecule has 2 aliphatic heterocycles. The first-order valence-corrected chi connectivity index (χ1v) is 8.80. The van der Waals surface area contributed by atoms with Crippen molar-refractivity contribution in [2.24, 2.45) is 0 Å². The predicted octanol–water partition coefficient (Wildman–Crippen LogP) is 2.56. The molecule has 2 bridgehead atoms. The van der Waals surface area contributed by atoms with Gasteiger partial charge in [-0.1, -0.05) is 0 Å². The molecule has 0 amide bonds. The molecule has 0 spiro atoms. The van der Waals surface area contributed by atoms with E-state index in [0.717, 1.165) is 42.8 Å². The molecule has 6 nitrogen and oxygen atoms in total. The van der Waals surface area contributed by atoms with E-state index >= 15 is 0 Å². The van der Waals surface area contributed by atoms with E-state index in [4.69, 9.17) is 17.0 Å². The van der Waals surface area contributed by atoms with Gasteiger partial charge in [0.2, 0.25) is 4.77 Å². The monoisotopic (exact) mass is 346 g/mol. The summed E-state index contributed by atoms with van der Waals surface area (Å²) in [6.07, 6.45) is 3.90. The number of methoxy groups -OCH3 is 1. The zero-order chi connectivity index (χ0) is 16.7. The molecular formula is C17H22N4O2S. The van der Waals surface area contributed by atoms with Crippen LogP contribution in [0.2, 0.25) is 0 Å². The fourth-order valence-corrected chi connectivity index (χ4v) is 4.16. The molecule has 0 radical (unpaired) electrons. The van der Waals surface area contributed by atoms with Crippen molar-refractivity contribution in [3.63, 3.8) is 0 Å². The number of rotatable bonds is 4. The zero-order valence-corrected chi connectivity index (χ0v) is 14.5. The number of aliphatic hydroxyl groups is 1. The first kappa shape index (κ1) is 15.8. The fraction of sp³-hybridized carbons (Fsp3) is 0.529. The minimum Gasteiger partial charge on any atom is -0.497 e. The molecule has 4 rings (SSSR count). The van der Waals surface area contributed by atoms with Crippen molar-refractivity contribution < 1.29 is 9.84 Å². The van der Waals surface area contributed by atoms with Crippen LogP contribution in [-0.2, 0) is 6.67 Å². The number of ether oxygens (including phenoxy) is 1. The maximum absolute atomic E-state index is 9.94. The molecule has 0 aliphatic carbocycles. The number of piperidine rings is 1. The van der Waals surface area contributed by atoms with E-state index in [-0.39, 0.29) is 6.10 Å². The first-order chi connectivity index (χ1) is 11.6. The van der Waals surface area contributed by atoms with Gasteiger partial charge in [-0.25, -0.2) is 4.68 Å². The van der Waals surface area contributed by atoms with Gasteiger partial charge in [-0.15, -0.1) is 0 Å². The van der Waals surface area contributed by atoms with Gasteiger partial charge < -0.3 is 9.84 Å². The molecular weight excluding hydrogens is 324 g/mol. The Morgan fingerprint density at radius 1 is 1.25 bits per heavy atom. The van der Waals surface area contributed by atoms with Crippen LogP contribution in [0.5, 0.6) is 5.75 Å². The summed E-state index contributed by atoms with van der Waals surface area (Å²) < 4.78 is 7.68. The van der Waals surface area contributed by atoms with Crippen LogP contribution >= 0.6 is 12.2 Å². The normalized spacial score (nSPS) is 26.7. The number of fused-ring (bicyclic) bond motifs is 2. The summed E-state index contributed by atoms with van der Waals surface area (Å²) in [5, 5.41) is 13.3. The Balaban J connectivity index is 1.54. The van der Waals surface area contributed by atoms with Crippen LogP contribution in [0.3, 0.4) is 0 Å². The summed E-state index contributed by atoms with van der Waals surface area (Å²) in [7, 11) is 1.65. The Hall–Kier alpha value is -1.70. The minimum atomic E-state index is -0.150. The number of H-pyrrole nitrogens is 1. The molecule has 24 heavy (non-hydrogen) atoms. The average molecular weight is 346 g/mol. The first-order valence-electron chi connectivity index (χ1n) is 8.39. The Bertz CT molecular complexity index is 756. The number of hydrogen-bond acceptors (Lipinski definition) is 5. The molecule has 0 unspecified atom stereocenters. The van der Waals surface area contributed by atoms with Crippen molar-refractivity contribution in [3.8, 4) is 17.1 Å². The summed E-state index contributed by atoms with van der Waals surface area (Å²) in [5.74, 6) is 1.59. The quantitative estimate of drug-likeness (QED) is 0.833. The van der Waals surface area contributed by atoms with Gasteiger partial charge in [-0.2, -0.15) is 4.98 Å². The van der Waals surface area contributed by atoms with Crippen molar-refractivity contribution in [1.29, 1.82) is 0 Å². The molecule has 1 aromatic heterocycles. The molecule has 1 aromatic carbocycles. The molecule has 2 saturated heterocycles. The fourth-order valence-electron chi connectivity index (χ4n) is 3.97. The largest absolute Gasteiger partial charge is 0.497 e. The number of hydrogen-bond donors (Lipinski definition) is 2. The smallest absolute Gasteiger partial charge is 0.217 e. The number of aromatic amines is 1. The minimum absolute atomic E-state index is 0.150. The van der Waals surface area contributed by atoms with E-state index in [1.165, 1.54) is 0 Å². The highest BCUT2D eigenvalue weighted by molar-refractivity contribution is 7.71. The van der Waals surface area contributed by atoms with E-state index in [2.05, 4.69) is 15.0 Å². The van der Waals surface area contributed by atoms with Crippen LogP contribution in [0, 0.1) is 4.77 Å². The van der Waals surface area contributed by atoms with E-state index in [1.807, 2.05) is 28.9 Å². The summed E-state index contributed by atoms with van der Waals surface area (Å²) in [5.41, 5.74) is 0.984. The standard InChI is InChI=1S/C17H22N4O2S/c1-23-15-6-2-11(3-7-15)16-18-17(24)21(19-16)10-20-12-4-5-13(20)9-14(22)8-12/h2-3,6-7,12-14,22H,4-5,8-10H2,1H3,(H,18,19,24)/t12-,13-/m0/s1. The van der Waals surface area contributed by atoms with Gasteiger partial charge in [0.25, 0.3) is 0 Å². The van der Waals surface area contributed by atoms with Crippen LogP contribution < -0.4 is 4.74 Å². The predicted molar refractivity (Wildman–Crippen MR) is 93.3 cm³/mol. The van der Waals surface area contributed by atoms with Gasteiger partial charge >= 0.3 is 0 Å². The molecule has 128 valence electrons. The third-order valence-electron chi connectivity index (χ3n) is 5.21. The Morgan fingerprint density at radius 3 is 2.54 bits per heavy atom. The molecule has 3 heterocycles. The molecule has 2 N–H and O–H groups in total. The van der Waals surface area contributed by atoms with Gasteiger partial charge in [-0.3, -0.25) is 10.00 Å². The summed E-state index contributed by atoms with van der Waals surface area (Å²) in [6, 6.07) is 8.67. The molecule has 2 aromatic rings. The number of aliphatic hydroxyl groups excluding tert-OH is 1. The van der Waals surface area contributed by atoms with Gasteiger partial charge in [0.1, 0.15) is 5.75 Å². The van der Waals surface area contributed by atoms with Crippen LogP contribution in [0.15, 0.2) is 24.3 Å². The van der Waals surface area contributed by atoms with E-state index < -0.39 is 0 Å². The second-order valence-corrected chi connectivity index (χ2v) is 7.04. The lowest BCUT2D eigenvalue weighted by atomic mass is 10.0. The zero-order valence-electron chi connectivity index (χ0n) is 13.7. The number of nitrogens with zero attached hydrogens (tertiary/aromatic N) is 3. The number of benzene rings is 1. The second kappa shape index (κ2) is 6.31. The molecule has 2 fully saturated rings. The van der Waals surface area contributed by atoms with Crippen LogP contribution in [0.25, 0.3) is 11.4 Å². The highest BCUT2D eigenvalue weighted by Gasteiger charge is 2.40. The highest BCUT2D eigenvalue weighted by Crippen LogP contribution is 2.36. The van der Waals surface area contributed by atoms with E-state index in [9.17, 15) is 5.11 Å². The molecule has 0 saturated carbocycles.